The minimum atomic E-state index is -0.378. The summed E-state index contributed by atoms with van der Waals surface area (Å²) in [5.74, 6) is 3.20. The van der Waals surface area contributed by atoms with Gasteiger partial charge >= 0.3 is 4.87 Å². The summed E-state index contributed by atoms with van der Waals surface area (Å²) in [6, 6.07) is 10.4. The number of aromatic nitrogens is 1. The Morgan fingerprint density at radius 3 is 2.83 bits per heavy atom. The van der Waals surface area contributed by atoms with Crippen molar-refractivity contribution in [3.63, 3.8) is 0 Å². The number of furan rings is 1. The van der Waals surface area contributed by atoms with Gasteiger partial charge in [-0.15, -0.1) is 11.8 Å². The van der Waals surface area contributed by atoms with E-state index >= 15 is 0 Å². The second kappa shape index (κ2) is 6.34. The standard InChI is InChI=1S/C21H18N2O4S2/c24-21-22-20-19(29-21)17(16-10-5-6-11(9-10)18(16)28-20)15-8-7-14(27-15)12-3-1-2-4-13(12)23(25)26/h1-4,7-8,10-11,16-18H,5-6,9H2,(H,22,24)/t10-,11+,16+,17-,18+/m1/s1. The summed E-state index contributed by atoms with van der Waals surface area (Å²) in [6.07, 6.45) is 3.78. The van der Waals surface area contributed by atoms with Gasteiger partial charge < -0.3 is 9.40 Å². The molecule has 1 aliphatic heterocycles. The maximum Gasteiger partial charge on any atom is 0.305 e. The molecule has 2 saturated carbocycles. The van der Waals surface area contributed by atoms with Gasteiger partial charge in [-0.05, 0) is 55.2 Å². The van der Waals surface area contributed by atoms with E-state index in [0.717, 1.165) is 15.7 Å². The minimum Gasteiger partial charge on any atom is -0.460 e. The Morgan fingerprint density at radius 2 is 1.97 bits per heavy atom. The monoisotopic (exact) mass is 426 g/mol. The average molecular weight is 427 g/mol. The molecule has 2 aliphatic carbocycles. The van der Waals surface area contributed by atoms with E-state index in [1.165, 1.54) is 36.7 Å². The van der Waals surface area contributed by atoms with Crippen molar-refractivity contribution in [2.45, 2.75) is 35.5 Å². The first-order chi connectivity index (χ1) is 14.1. The number of nitrogens with one attached hydrogen (secondary N) is 1. The molecule has 0 saturated heterocycles. The van der Waals surface area contributed by atoms with Crippen molar-refractivity contribution >= 4 is 28.8 Å². The Hall–Kier alpha value is -2.32. The lowest BCUT2D eigenvalue weighted by Gasteiger charge is -2.38. The van der Waals surface area contributed by atoms with Crippen molar-refractivity contribution < 1.29 is 9.34 Å². The summed E-state index contributed by atoms with van der Waals surface area (Å²) in [5, 5.41) is 12.9. The second-order valence-electron chi connectivity index (χ2n) is 8.15. The molecule has 148 valence electrons. The lowest BCUT2D eigenvalue weighted by Crippen LogP contribution is -2.33. The van der Waals surface area contributed by atoms with Gasteiger partial charge in [0.15, 0.2) is 0 Å². The number of nitrogens with zero attached hydrogens (tertiary/aromatic N) is 1. The number of thiazole rings is 1. The summed E-state index contributed by atoms with van der Waals surface area (Å²) in [4.78, 5) is 27.2. The van der Waals surface area contributed by atoms with Crippen LogP contribution in [0, 0.1) is 27.9 Å². The number of thioether (sulfide) groups is 1. The van der Waals surface area contributed by atoms with Crippen molar-refractivity contribution in [3.05, 3.63) is 66.8 Å². The van der Waals surface area contributed by atoms with E-state index in [1.54, 1.807) is 18.2 Å². The summed E-state index contributed by atoms with van der Waals surface area (Å²) >= 11 is 3.13. The van der Waals surface area contributed by atoms with Crippen LogP contribution in [0.3, 0.4) is 0 Å². The highest BCUT2D eigenvalue weighted by molar-refractivity contribution is 8.00. The third kappa shape index (κ3) is 2.58. The van der Waals surface area contributed by atoms with Gasteiger partial charge in [-0.2, -0.15) is 0 Å². The molecule has 3 aromatic rings. The van der Waals surface area contributed by atoms with Gasteiger partial charge in [-0.1, -0.05) is 23.5 Å². The molecule has 0 spiro atoms. The van der Waals surface area contributed by atoms with Gasteiger partial charge in [0.25, 0.3) is 5.69 Å². The molecule has 2 fully saturated rings. The van der Waals surface area contributed by atoms with Gasteiger partial charge in [-0.25, -0.2) is 0 Å². The van der Waals surface area contributed by atoms with E-state index < -0.39 is 0 Å². The normalized spacial score (nSPS) is 29.6. The number of hydrogen-bond donors (Lipinski definition) is 1. The number of hydrogen-bond acceptors (Lipinski definition) is 6. The van der Waals surface area contributed by atoms with Crippen LogP contribution < -0.4 is 4.87 Å². The first-order valence-corrected chi connectivity index (χ1v) is 11.5. The highest BCUT2D eigenvalue weighted by atomic mass is 32.2. The zero-order valence-electron chi connectivity index (χ0n) is 15.4. The van der Waals surface area contributed by atoms with Crippen molar-refractivity contribution in [2.75, 3.05) is 0 Å². The molecule has 1 aromatic carbocycles. The van der Waals surface area contributed by atoms with E-state index in [4.69, 9.17) is 4.42 Å². The fraction of sp³-hybridized carbons (Fsp3) is 0.381. The SMILES string of the molecule is O=c1[nH]c2c(s1)[C@H](c1ccc(-c3ccccc3[N+](=O)[O-])o1)[C@@H]1[C@@H]3CC[C@@H](C3)[C@@H]1S2. The van der Waals surface area contributed by atoms with Crippen LogP contribution in [-0.2, 0) is 0 Å². The molecule has 3 aliphatic rings. The Labute approximate surface area is 174 Å². The van der Waals surface area contributed by atoms with Crippen LogP contribution >= 0.6 is 23.1 Å². The van der Waals surface area contributed by atoms with Crippen LogP contribution in [0.4, 0.5) is 5.69 Å². The largest absolute Gasteiger partial charge is 0.460 e. The van der Waals surface area contributed by atoms with Crippen LogP contribution in [0.15, 0.2) is 50.6 Å². The average Bonchev–Trinajstić information content (AvgIpc) is 3.49. The van der Waals surface area contributed by atoms with Gasteiger partial charge in [0.2, 0.25) is 0 Å². The number of benzene rings is 1. The smallest absolute Gasteiger partial charge is 0.305 e. The third-order valence-electron chi connectivity index (χ3n) is 6.76. The van der Waals surface area contributed by atoms with Crippen molar-refractivity contribution in [1.29, 1.82) is 0 Å². The van der Waals surface area contributed by atoms with E-state index in [9.17, 15) is 14.9 Å². The molecule has 2 aromatic heterocycles. The van der Waals surface area contributed by atoms with E-state index in [2.05, 4.69) is 4.98 Å². The van der Waals surface area contributed by atoms with Crippen LogP contribution in [0.1, 0.15) is 35.8 Å². The Morgan fingerprint density at radius 1 is 1.14 bits per heavy atom. The van der Waals surface area contributed by atoms with E-state index in [1.807, 2.05) is 23.9 Å². The van der Waals surface area contributed by atoms with Gasteiger partial charge in [0, 0.05) is 11.3 Å². The maximum atomic E-state index is 12.1. The Kier molecular flexibility index (Phi) is 3.83. The molecule has 5 atom stereocenters. The molecular formula is C21H18N2O4S2. The summed E-state index contributed by atoms with van der Waals surface area (Å²) in [6.45, 7) is 0. The maximum absolute atomic E-state index is 12.1. The second-order valence-corrected chi connectivity index (χ2v) is 10.4. The predicted octanol–water partition coefficient (Wildman–Crippen LogP) is 5.26. The van der Waals surface area contributed by atoms with Crippen LogP contribution in [0.2, 0.25) is 0 Å². The number of fused-ring (bicyclic) bond motifs is 6. The number of para-hydroxylation sites is 1. The Balaban J connectivity index is 1.47. The van der Waals surface area contributed by atoms with Crippen LogP contribution in [0.5, 0.6) is 0 Å². The fourth-order valence-electron chi connectivity index (χ4n) is 5.67. The van der Waals surface area contributed by atoms with Crippen molar-refractivity contribution in [2.24, 2.45) is 17.8 Å². The fourth-order valence-corrected chi connectivity index (χ4v) is 8.55. The Bertz CT molecular complexity index is 1180. The summed E-state index contributed by atoms with van der Waals surface area (Å²) in [7, 11) is 0. The highest BCUT2D eigenvalue weighted by Gasteiger charge is 2.55. The molecule has 0 amide bonds. The first-order valence-electron chi connectivity index (χ1n) is 9.83. The molecular weight excluding hydrogens is 408 g/mol. The van der Waals surface area contributed by atoms with Crippen molar-refractivity contribution in [1.82, 2.24) is 4.98 Å². The number of nitro groups is 1. The number of aromatic amines is 1. The highest BCUT2D eigenvalue weighted by Crippen LogP contribution is 2.63. The number of nitro benzene ring substituents is 1. The molecule has 8 heteroatoms. The molecule has 0 radical (unpaired) electrons. The molecule has 2 bridgehead atoms. The van der Waals surface area contributed by atoms with E-state index in [0.29, 0.717) is 34.3 Å². The van der Waals surface area contributed by atoms with Gasteiger partial charge in [-0.3, -0.25) is 14.9 Å². The molecule has 6 nitrogen and oxygen atoms in total. The van der Waals surface area contributed by atoms with Crippen molar-refractivity contribution in [3.8, 4) is 11.3 Å². The lowest BCUT2D eigenvalue weighted by atomic mass is 9.77. The first kappa shape index (κ1) is 17.5. The topological polar surface area (TPSA) is 89.1 Å². The third-order valence-corrected chi connectivity index (χ3v) is 9.39. The molecule has 1 N–H and O–H groups in total. The molecule has 29 heavy (non-hydrogen) atoms. The summed E-state index contributed by atoms with van der Waals surface area (Å²) in [5.41, 5.74) is 0.526. The predicted molar refractivity (Wildman–Crippen MR) is 112 cm³/mol. The molecule has 6 rings (SSSR count). The van der Waals surface area contributed by atoms with Crippen LogP contribution in [0.25, 0.3) is 11.3 Å². The quantitative estimate of drug-likeness (QED) is 0.456. The van der Waals surface area contributed by atoms with E-state index in [-0.39, 0.29) is 21.4 Å². The van der Waals surface area contributed by atoms with Crippen LogP contribution in [-0.4, -0.2) is 15.2 Å². The lowest BCUT2D eigenvalue weighted by molar-refractivity contribution is -0.384. The number of rotatable bonds is 3. The minimum absolute atomic E-state index is 0.0229. The summed E-state index contributed by atoms with van der Waals surface area (Å²) < 4.78 is 6.26. The zero-order valence-corrected chi connectivity index (χ0v) is 17.0. The molecule has 0 unspecified atom stereocenters. The molecule has 3 heterocycles. The van der Waals surface area contributed by atoms with Gasteiger partial charge in [0.05, 0.1) is 26.3 Å². The van der Waals surface area contributed by atoms with Gasteiger partial charge in [0.1, 0.15) is 11.5 Å². The zero-order chi connectivity index (χ0) is 19.7. The number of H-pyrrole nitrogens is 1.